The summed E-state index contributed by atoms with van der Waals surface area (Å²) in [4.78, 5) is 0. The van der Waals surface area contributed by atoms with Gasteiger partial charge >= 0.3 is 0 Å². The summed E-state index contributed by atoms with van der Waals surface area (Å²) >= 11 is 0. The van der Waals surface area contributed by atoms with Gasteiger partial charge in [-0.3, -0.25) is 0 Å². The zero-order chi connectivity index (χ0) is 12.9. The van der Waals surface area contributed by atoms with Gasteiger partial charge in [0.15, 0.2) is 0 Å². The van der Waals surface area contributed by atoms with Crippen molar-refractivity contribution in [1.29, 1.82) is 0 Å². The molecule has 0 heterocycles. The predicted octanol–water partition coefficient (Wildman–Crippen LogP) is 6.69. The SMILES string of the molecule is CCCCCCCC[CH]CCCCCCC1CC1. The molecule has 1 saturated carbocycles. The maximum absolute atomic E-state index is 2.54. The summed E-state index contributed by atoms with van der Waals surface area (Å²) in [5.41, 5.74) is 0. The molecule has 0 saturated heterocycles. The van der Waals surface area contributed by atoms with Crippen LogP contribution < -0.4 is 0 Å². The predicted molar refractivity (Wildman–Crippen MR) is 82.7 cm³/mol. The van der Waals surface area contributed by atoms with Crippen molar-refractivity contribution in [2.45, 2.75) is 103 Å². The van der Waals surface area contributed by atoms with E-state index in [2.05, 4.69) is 13.3 Å². The maximum Gasteiger partial charge on any atom is -0.0386 e. The van der Waals surface area contributed by atoms with Crippen molar-refractivity contribution >= 4 is 0 Å². The Morgan fingerprint density at radius 3 is 1.89 bits per heavy atom. The molecule has 107 valence electrons. The third kappa shape index (κ3) is 11.1. The fourth-order valence-corrected chi connectivity index (χ4v) is 2.70. The van der Waals surface area contributed by atoms with Crippen LogP contribution in [-0.2, 0) is 0 Å². The molecule has 0 aromatic rings. The Bertz CT molecular complexity index is 157. The van der Waals surface area contributed by atoms with Crippen LogP contribution in [0.15, 0.2) is 0 Å². The Hall–Kier alpha value is 0. The van der Waals surface area contributed by atoms with Gasteiger partial charge in [0.1, 0.15) is 0 Å². The van der Waals surface area contributed by atoms with Crippen molar-refractivity contribution in [3.05, 3.63) is 6.42 Å². The van der Waals surface area contributed by atoms with Crippen LogP contribution in [0.25, 0.3) is 0 Å². The summed E-state index contributed by atoms with van der Waals surface area (Å²) in [6.45, 7) is 2.29. The van der Waals surface area contributed by atoms with E-state index < -0.39 is 0 Å². The van der Waals surface area contributed by atoms with Gasteiger partial charge in [-0.2, -0.15) is 0 Å². The van der Waals surface area contributed by atoms with Crippen molar-refractivity contribution in [3.8, 4) is 0 Å². The zero-order valence-corrected chi connectivity index (χ0v) is 12.8. The van der Waals surface area contributed by atoms with Gasteiger partial charge in [0.05, 0.1) is 0 Å². The number of unbranched alkanes of at least 4 members (excludes halogenated alkanes) is 12. The average Bonchev–Trinajstić information content (AvgIpc) is 3.19. The lowest BCUT2D eigenvalue weighted by Crippen LogP contribution is -1.84. The third-order valence-electron chi connectivity index (χ3n) is 4.23. The molecular weight excluding hydrogens is 216 g/mol. The molecule has 0 aliphatic heterocycles. The molecule has 1 fully saturated rings. The quantitative estimate of drug-likeness (QED) is 0.302. The van der Waals surface area contributed by atoms with Crippen LogP contribution in [0.2, 0.25) is 0 Å². The summed E-state index contributed by atoms with van der Waals surface area (Å²) < 4.78 is 0. The normalized spacial score (nSPS) is 15.2. The topological polar surface area (TPSA) is 0 Å². The highest BCUT2D eigenvalue weighted by atomic mass is 14.3. The first-order valence-corrected chi connectivity index (χ1v) is 8.75. The summed E-state index contributed by atoms with van der Waals surface area (Å²) in [7, 11) is 0. The van der Waals surface area contributed by atoms with Crippen LogP contribution in [0, 0.1) is 12.3 Å². The molecule has 1 aliphatic carbocycles. The Kier molecular flexibility index (Phi) is 10.8. The Balaban J connectivity index is 1.60. The van der Waals surface area contributed by atoms with Crippen LogP contribution in [0.1, 0.15) is 103 Å². The Morgan fingerprint density at radius 1 is 0.722 bits per heavy atom. The molecule has 0 atom stereocenters. The number of hydrogen-bond acceptors (Lipinski definition) is 0. The molecule has 1 radical (unpaired) electrons. The summed E-state index contributed by atoms with van der Waals surface area (Å²) in [6, 6.07) is 0. The third-order valence-corrected chi connectivity index (χ3v) is 4.23. The molecule has 1 rings (SSSR count). The van der Waals surface area contributed by atoms with Crippen LogP contribution >= 0.6 is 0 Å². The molecule has 0 aromatic heterocycles. The smallest absolute Gasteiger partial charge is 0.0386 e. The molecule has 1 aliphatic rings. The van der Waals surface area contributed by atoms with Gasteiger partial charge in [-0.25, -0.2) is 0 Å². The van der Waals surface area contributed by atoms with E-state index in [0.29, 0.717) is 0 Å². The second-order valence-corrected chi connectivity index (χ2v) is 6.28. The minimum absolute atomic E-state index is 1.14. The minimum Gasteiger partial charge on any atom is -0.0654 e. The Labute approximate surface area is 116 Å². The second-order valence-electron chi connectivity index (χ2n) is 6.28. The molecule has 0 amide bonds. The highest BCUT2D eigenvalue weighted by Crippen LogP contribution is 2.34. The first kappa shape index (κ1) is 16.1. The zero-order valence-electron chi connectivity index (χ0n) is 12.8. The summed E-state index contributed by atoms with van der Waals surface area (Å²) in [6.07, 6.45) is 24.4. The molecule has 18 heavy (non-hydrogen) atoms. The molecule has 0 spiro atoms. The van der Waals surface area contributed by atoms with Crippen LogP contribution in [0.4, 0.5) is 0 Å². The van der Waals surface area contributed by atoms with Crippen molar-refractivity contribution in [2.75, 3.05) is 0 Å². The fraction of sp³-hybridized carbons (Fsp3) is 0.944. The van der Waals surface area contributed by atoms with Crippen LogP contribution in [0.5, 0.6) is 0 Å². The average molecular weight is 251 g/mol. The standard InChI is InChI=1S/C18H35/c1-2-3-4-5-6-7-8-9-10-11-12-13-14-15-18-16-17-18/h9,18H,2-8,10-17H2,1H3. The second kappa shape index (κ2) is 12.1. The molecule has 0 heteroatoms. The molecule has 0 aromatic carbocycles. The molecule has 0 unspecified atom stereocenters. The first-order valence-electron chi connectivity index (χ1n) is 8.75. The van der Waals surface area contributed by atoms with E-state index in [4.69, 9.17) is 0 Å². The van der Waals surface area contributed by atoms with Crippen molar-refractivity contribution in [1.82, 2.24) is 0 Å². The lowest BCUT2D eigenvalue weighted by atomic mass is 10.0. The van der Waals surface area contributed by atoms with Crippen molar-refractivity contribution in [2.24, 2.45) is 5.92 Å². The van der Waals surface area contributed by atoms with Gasteiger partial charge in [-0.05, 0) is 12.3 Å². The molecular formula is C18H35. The van der Waals surface area contributed by atoms with Crippen LogP contribution in [-0.4, -0.2) is 0 Å². The fourth-order valence-electron chi connectivity index (χ4n) is 2.70. The van der Waals surface area contributed by atoms with Gasteiger partial charge in [0.2, 0.25) is 0 Å². The Morgan fingerprint density at radius 2 is 1.28 bits per heavy atom. The molecule has 0 N–H and O–H groups in total. The maximum atomic E-state index is 2.54. The van der Waals surface area contributed by atoms with Gasteiger partial charge in [0, 0.05) is 0 Å². The van der Waals surface area contributed by atoms with Crippen LogP contribution in [0.3, 0.4) is 0 Å². The minimum atomic E-state index is 1.14. The highest BCUT2D eigenvalue weighted by molar-refractivity contribution is 4.72. The van der Waals surface area contributed by atoms with E-state index in [9.17, 15) is 0 Å². The number of hydrogen-bond donors (Lipinski definition) is 0. The van der Waals surface area contributed by atoms with Gasteiger partial charge in [-0.15, -0.1) is 0 Å². The van der Waals surface area contributed by atoms with E-state index in [1.807, 2.05) is 0 Å². The largest absolute Gasteiger partial charge is 0.0654 e. The van der Waals surface area contributed by atoms with E-state index in [1.54, 1.807) is 0 Å². The lowest BCUT2D eigenvalue weighted by Gasteiger charge is -2.02. The number of rotatable bonds is 14. The van der Waals surface area contributed by atoms with E-state index in [0.717, 1.165) is 5.92 Å². The van der Waals surface area contributed by atoms with E-state index >= 15 is 0 Å². The highest BCUT2D eigenvalue weighted by Gasteiger charge is 2.19. The molecule has 0 nitrogen and oxygen atoms in total. The van der Waals surface area contributed by atoms with E-state index in [1.165, 1.54) is 96.3 Å². The van der Waals surface area contributed by atoms with Gasteiger partial charge in [0.25, 0.3) is 0 Å². The van der Waals surface area contributed by atoms with E-state index in [-0.39, 0.29) is 0 Å². The van der Waals surface area contributed by atoms with Gasteiger partial charge < -0.3 is 0 Å². The lowest BCUT2D eigenvalue weighted by molar-refractivity contribution is 0.570. The van der Waals surface area contributed by atoms with Gasteiger partial charge in [-0.1, -0.05) is 103 Å². The first-order chi connectivity index (χ1) is 8.93. The summed E-state index contributed by atoms with van der Waals surface area (Å²) in [5, 5.41) is 0. The summed E-state index contributed by atoms with van der Waals surface area (Å²) in [5.74, 6) is 1.14. The monoisotopic (exact) mass is 251 g/mol. The van der Waals surface area contributed by atoms with Crippen molar-refractivity contribution in [3.63, 3.8) is 0 Å². The molecule has 0 bridgehead atoms. The van der Waals surface area contributed by atoms with Crippen molar-refractivity contribution < 1.29 is 0 Å².